The number of oxime groups is 1. The first kappa shape index (κ1) is 10.0. The number of alkyl halides is 3. The smallest absolute Gasteiger partial charge is 0.359 e. The average molecular weight is 195 g/mol. The minimum absolute atomic E-state index is 0.213. The van der Waals surface area contributed by atoms with E-state index in [-0.39, 0.29) is 12.0 Å². The molecule has 0 amide bonds. The van der Waals surface area contributed by atoms with Crippen molar-refractivity contribution in [2.24, 2.45) is 5.16 Å². The van der Waals surface area contributed by atoms with E-state index in [0.717, 1.165) is 0 Å². The Morgan fingerprint density at radius 2 is 2.23 bits per heavy atom. The average Bonchev–Trinajstić information content (AvgIpc) is 2.02. The first-order valence-corrected chi connectivity index (χ1v) is 3.45. The number of nitrogens with zero attached hydrogens (tertiary/aromatic N) is 1. The van der Waals surface area contributed by atoms with Gasteiger partial charge in [-0.3, -0.25) is 0 Å². The molecule has 1 unspecified atom stereocenters. The molecule has 1 aliphatic rings. The van der Waals surface area contributed by atoms with Crippen LogP contribution in [0.15, 0.2) is 17.3 Å². The molecular formula is C7H8F3NO2. The summed E-state index contributed by atoms with van der Waals surface area (Å²) in [6.07, 6.45) is -5.69. The predicted molar refractivity (Wildman–Crippen MR) is 39.1 cm³/mol. The molecule has 3 nitrogen and oxygen atoms in total. The maximum Gasteiger partial charge on any atom is 0.433 e. The largest absolute Gasteiger partial charge is 0.433 e. The molecule has 13 heavy (non-hydrogen) atoms. The number of hydrogen-bond acceptors (Lipinski definition) is 3. The Hall–Kier alpha value is -1.04. The number of methoxy groups -OCH3 is 1. The molecule has 0 saturated carbocycles. The van der Waals surface area contributed by atoms with Crippen molar-refractivity contribution < 1.29 is 22.7 Å². The zero-order valence-electron chi connectivity index (χ0n) is 6.89. The van der Waals surface area contributed by atoms with Crippen LogP contribution in [-0.4, -0.2) is 25.3 Å². The van der Waals surface area contributed by atoms with Gasteiger partial charge >= 0.3 is 6.18 Å². The molecule has 0 radical (unpaired) electrons. The summed E-state index contributed by atoms with van der Waals surface area (Å²) >= 11 is 0. The van der Waals surface area contributed by atoms with Crippen LogP contribution in [0.1, 0.15) is 6.42 Å². The van der Waals surface area contributed by atoms with Gasteiger partial charge in [-0.1, -0.05) is 11.7 Å². The highest BCUT2D eigenvalue weighted by Gasteiger charge is 2.40. The quantitative estimate of drug-likeness (QED) is 0.598. The van der Waals surface area contributed by atoms with Crippen LogP contribution in [0.4, 0.5) is 13.2 Å². The van der Waals surface area contributed by atoms with Gasteiger partial charge in [0.2, 0.25) is 6.29 Å². The molecule has 1 aliphatic heterocycles. The fourth-order valence-corrected chi connectivity index (χ4v) is 0.878. The van der Waals surface area contributed by atoms with Gasteiger partial charge in [0.1, 0.15) is 0 Å². The first-order valence-electron chi connectivity index (χ1n) is 3.45. The van der Waals surface area contributed by atoms with Gasteiger partial charge in [0, 0.05) is 13.5 Å². The van der Waals surface area contributed by atoms with Gasteiger partial charge in [0.25, 0.3) is 0 Å². The van der Waals surface area contributed by atoms with E-state index in [1.165, 1.54) is 7.11 Å². The molecule has 0 spiro atoms. The lowest BCUT2D eigenvalue weighted by Gasteiger charge is -2.22. The zero-order valence-corrected chi connectivity index (χ0v) is 6.89. The van der Waals surface area contributed by atoms with Crippen LogP contribution >= 0.6 is 0 Å². The lowest BCUT2D eigenvalue weighted by atomic mass is 10.1. The first-order chi connectivity index (χ1) is 5.95. The van der Waals surface area contributed by atoms with E-state index in [2.05, 4.69) is 21.3 Å². The van der Waals surface area contributed by atoms with Crippen molar-refractivity contribution in [2.75, 3.05) is 7.11 Å². The molecule has 1 heterocycles. The highest BCUT2D eigenvalue weighted by atomic mass is 19.4. The van der Waals surface area contributed by atoms with Gasteiger partial charge < -0.3 is 9.57 Å². The van der Waals surface area contributed by atoms with E-state index in [4.69, 9.17) is 0 Å². The van der Waals surface area contributed by atoms with Crippen molar-refractivity contribution in [2.45, 2.75) is 18.9 Å². The Morgan fingerprint density at radius 1 is 1.62 bits per heavy atom. The van der Waals surface area contributed by atoms with E-state index in [1.807, 2.05) is 0 Å². The Kier molecular flexibility index (Phi) is 2.60. The van der Waals surface area contributed by atoms with Crippen LogP contribution < -0.4 is 0 Å². The topological polar surface area (TPSA) is 30.8 Å². The van der Waals surface area contributed by atoms with Crippen molar-refractivity contribution in [1.29, 1.82) is 0 Å². The van der Waals surface area contributed by atoms with Crippen molar-refractivity contribution in [3.8, 4) is 0 Å². The molecule has 1 atom stereocenters. The van der Waals surface area contributed by atoms with Gasteiger partial charge in [-0.25, -0.2) is 0 Å². The molecule has 0 aromatic heterocycles. The van der Waals surface area contributed by atoms with Crippen LogP contribution in [0.2, 0.25) is 0 Å². The molecule has 0 saturated heterocycles. The lowest BCUT2D eigenvalue weighted by molar-refractivity contribution is -0.115. The summed E-state index contributed by atoms with van der Waals surface area (Å²) in [6, 6.07) is 0. The zero-order chi connectivity index (χ0) is 10.1. The van der Waals surface area contributed by atoms with Crippen LogP contribution in [0.25, 0.3) is 0 Å². The Labute approximate surface area is 72.8 Å². The Bertz CT molecular complexity index is 247. The van der Waals surface area contributed by atoms with Crippen LogP contribution in [0, 0.1) is 0 Å². The standard InChI is InChI=1S/C7H8F3NO2/c1-4-3-5(7(8,9)10)11-13-6(4)12-2/h6H,1,3H2,2H3. The van der Waals surface area contributed by atoms with Gasteiger partial charge in [-0.2, -0.15) is 13.2 Å². The third-order valence-corrected chi connectivity index (χ3v) is 1.53. The maximum atomic E-state index is 12.1. The predicted octanol–water partition coefficient (Wildman–Crippen LogP) is 1.85. The summed E-state index contributed by atoms with van der Waals surface area (Å²) in [6.45, 7) is 3.40. The number of ether oxygens (including phenoxy) is 1. The maximum absolute atomic E-state index is 12.1. The van der Waals surface area contributed by atoms with E-state index in [1.54, 1.807) is 0 Å². The second-order valence-electron chi connectivity index (χ2n) is 2.54. The molecule has 1 rings (SSSR count). The van der Waals surface area contributed by atoms with E-state index in [9.17, 15) is 13.2 Å². The van der Waals surface area contributed by atoms with Crippen molar-refractivity contribution in [1.82, 2.24) is 0 Å². The summed E-state index contributed by atoms with van der Waals surface area (Å²) in [5.41, 5.74) is -0.768. The summed E-state index contributed by atoms with van der Waals surface area (Å²) < 4.78 is 40.8. The van der Waals surface area contributed by atoms with E-state index >= 15 is 0 Å². The molecule has 0 aromatic carbocycles. The summed E-state index contributed by atoms with van der Waals surface area (Å²) in [7, 11) is 1.31. The van der Waals surface area contributed by atoms with Crippen LogP contribution in [0.5, 0.6) is 0 Å². The molecule has 74 valence electrons. The molecule has 6 heteroatoms. The molecular weight excluding hydrogens is 187 g/mol. The normalized spacial score (nSPS) is 23.8. The van der Waals surface area contributed by atoms with E-state index in [0.29, 0.717) is 0 Å². The fourth-order valence-electron chi connectivity index (χ4n) is 0.878. The highest BCUT2D eigenvalue weighted by molar-refractivity contribution is 5.91. The van der Waals surface area contributed by atoms with Crippen molar-refractivity contribution in [3.05, 3.63) is 12.2 Å². The van der Waals surface area contributed by atoms with Gasteiger partial charge in [0.05, 0.1) is 0 Å². The molecule has 0 aliphatic carbocycles. The molecule has 0 aromatic rings. The van der Waals surface area contributed by atoms with Crippen molar-refractivity contribution >= 4 is 5.71 Å². The minimum atomic E-state index is -4.46. The van der Waals surface area contributed by atoms with Gasteiger partial charge in [0.15, 0.2) is 5.71 Å². The molecule has 0 fully saturated rings. The summed E-state index contributed by atoms with van der Waals surface area (Å²) in [4.78, 5) is 4.42. The second kappa shape index (κ2) is 3.37. The fraction of sp³-hybridized carbons (Fsp3) is 0.571. The van der Waals surface area contributed by atoms with Crippen molar-refractivity contribution in [3.63, 3.8) is 0 Å². The Balaban J connectivity index is 2.75. The monoisotopic (exact) mass is 195 g/mol. The lowest BCUT2D eigenvalue weighted by Crippen LogP contribution is -2.31. The van der Waals surface area contributed by atoms with Gasteiger partial charge in [-0.05, 0) is 5.57 Å². The summed E-state index contributed by atoms with van der Waals surface area (Å²) in [5, 5.41) is 2.91. The number of hydrogen-bond donors (Lipinski definition) is 0. The number of halogens is 3. The number of rotatable bonds is 1. The minimum Gasteiger partial charge on any atom is -0.359 e. The Morgan fingerprint density at radius 3 is 2.62 bits per heavy atom. The van der Waals surface area contributed by atoms with Crippen LogP contribution in [0.3, 0.4) is 0 Å². The summed E-state index contributed by atoms with van der Waals surface area (Å²) in [5.74, 6) is 0. The third kappa shape index (κ3) is 2.21. The van der Waals surface area contributed by atoms with E-state index < -0.39 is 18.2 Å². The molecule has 0 N–H and O–H groups in total. The van der Waals surface area contributed by atoms with Crippen LogP contribution in [-0.2, 0) is 9.57 Å². The SMILES string of the molecule is C=C1CC(C(F)(F)F)=NOC1OC. The molecule has 0 bridgehead atoms. The third-order valence-electron chi connectivity index (χ3n) is 1.53. The second-order valence-corrected chi connectivity index (χ2v) is 2.54. The highest BCUT2D eigenvalue weighted by Crippen LogP contribution is 2.27. The van der Waals surface area contributed by atoms with Gasteiger partial charge in [-0.15, -0.1) is 0 Å².